The molecular formula is C9H11BrN4O3. The summed E-state index contributed by atoms with van der Waals surface area (Å²) in [5.74, 6) is -1.27. The molecule has 1 amide bonds. The van der Waals surface area contributed by atoms with E-state index in [0.717, 1.165) is 0 Å². The largest absolute Gasteiger partial charge is 0.464 e. The average Bonchev–Trinajstić information content (AvgIpc) is 2.31. The summed E-state index contributed by atoms with van der Waals surface area (Å²) < 4.78 is 5.15. The summed E-state index contributed by atoms with van der Waals surface area (Å²) in [6.07, 6.45) is 2.74. The van der Waals surface area contributed by atoms with E-state index in [1.54, 1.807) is 6.92 Å². The molecule has 0 fully saturated rings. The number of nitrogens with one attached hydrogen (secondary N) is 1. The van der Waals surface area contributed by atoms with Gasteiger partial charge in [0.25, 0.3) is 5.91 Å². The molecule has 1 aromatic rings. The second kappa shape index (κ2) is 6.26. The maximum atomic E-state index is 11.5. The SMILES string of the molecule is CCOC(=O)C(N)C(=O)Nc1cnc(Br)cn1. The number of hydrogen-bond acceptors (Lipinski definition) is 6. The minimum atomic E-state index is -1.37. The lowest BCUT2D eigenvalue weighted by molar-refractivity contribution is -0.146. The molecule has 1 aromatic heterocycles. The fourth-order valence-electron chi connectivity index (χ4n) is 0.920. The Bertz CT molecular complexity index is 409. The molecule has 8 heteroatoms. The van der Waals surface area contributed by atoms with Gasteiger partial charge in [-0.15, -0.1) is 0 Å². The smallest absolute Gasteiger partial charge is 0.332 e. The van der Waals surface area contributed by atoms with Crippen LogP contribution in [0.3, 0.4) is 0 Å². The Morgan fingerprint density at radius 3 is 2.76 bits per heavy atom. The van der Waals surface area contributed by atoms with Gasteiger partial charge in [0.05, 0.1) is 19.0 Å². The summed E-state index contributed by atoms with van der Waals surface area (Å²) >= 11 is 3.10. The minimum Gasteiger partial charge on any atom is -0.464 e. The number of ether oxygens (including phenoxy) is 1. The summed E-state index contributed by atoms with van der Waals surface area (Å²) in [5.41, 5.74) is 5.38. The molecule has 0 saturated heterocycles. The van der Waals surface area contributed by atoms with Crippen molar-refractivity contribution in [3.8, 4) is 0 Å². The van der Waals surface area contributed by atoms with Crippen LogP contribution in [0.4, 0.5) is 5.82 Å². The topological polar surface area (TPSA) is 107 Å². The van der Waals surface area contributed by atoms with Crippen molar-refractivity contribution < 1.29 is 14.3 Å². The molecule has 3 N–H and O–H groups in total. The Morgan fingerprint density at radius 1 is 1.53 bits per heavy atom. The molecule has 0 aromatic carbocycles. The summed E-state index contributed by atoms with van der Waals surface area (Å²) in [6, 6.07) is -1.37. The monoisotopic (exact) mass is 302 g/mol. The van der Waals surface area contributed by atoms with Crippen molar-refractivity contribution in [3.63, 3.8) is 0 Å². The van der Waals surface area contributed by atoms with Crippen LogP contribution in [0.5, 0.6) is 0 Å². The van der Waals surface area contributed by atoms with Crippen molar-refractivity contribution in [2.75, 3.05) is 11.9 Å². The molecular weight excluding hydrogens is 292 g/mol. The second-order valence-corrected chi connectivity index (χ2v) is 3.76. The molecule has 17 heavy (non-hydrogen) atoms. The number of halogens is 1. The first-order valence-corrected chi connectivity index (χ1v) is 5.54. The van der Waals surface area contributed by atoms with Crippen LogP contribution < -0.4 is 11.1 Å². The molecule has 1 atom stereocenters. The van der Waals surface area contributed by atoms with Crippen LogP contribution in [0.1, 0.15) is 6.92 Å². The van der Waals surface area contributed by atoms with Crippen LogP contribution in [0.25, 0.3) is 0 Å². The highest BCUT2D eigenvalue weighted by Gasteiger charge is 2.23. The van der Waals surface area contributed by atoms with Gasteiger partial charge in [-0.2, -0.15) is 0 Å². The molecule has 0 aliphatic carbocycles. The summed E-state index contributed by atoms with van der Waals surface area (Å²) in [4.78, 5) is 30.4. The van der Waals surface area contributed by atoms with Crippen LogP contribution in [0.2, 0.25) is 0 Å². The lowest BCUT2D eigenvalue weighted by atomic mass is 10.3. The highest BCUT2D eigenvalue weighted by Crippen LogP contribution is 2.06. The molecule has 92 valence electrons. The van der Waals surface area contributed by atoms with E-state index >= 15 is 0 Å². The summed E-state index contributed by atoms with van der Waals surface area (Å²) in [5, 5.41) is 2.35. The van der Waals surface area contributed by atoms with Crippen LogP contribution in [0, 0.1) is 0 Å². The Kier molecular flexibility index (Phi) is 4.98. The van der Waals surface area contributed by atoms with Gasteiger partial charge < -0.3 is 15.8 Å². The normalized spacial score (nSPS) is 11.7. The molecule has 0 aliphatic rings. The van der Waals surface area contributed by atoms with E-state index in [1.165, 1.54) is 12.4 Å². The first kappa shape index (κ1) is 13.5. The zero-order valence-corrected chi connectivity index (χ0v) is 10.6. The Labute approximate surface area is 106 Å². The third-order valence-corrected chi connectivity index (χ3v) is 2.10. The van der Waals surface area contributed by atoms with Crippen molar-refractivity contribution in [2.24, 2.45) is 5.73 Å². The van der Waals surface area contributed by atoms with Gasteiger partial charge in [-0.3, -0.25) is 4.79 Å². The van der Waals surface area contributed by atoms with Gasteiger partial charge in [0.15, 0.2) is 11.9 Å². The number of carbonyl (C=O) groups excluding carboxylic acids is 2. The molecule has 0 spiro atoms. The Hall–Kier alpha value is -1.54. The van der Waals surface area contributed by atoms with Crippen molar-refractivity contribution in [1.29, 1.82) is 0 Å². The number of aromatic nitrogens is 2. The number of hydrogen-bond donors (Lipinski definition) is 2. The van der Waals surface area contributed by atoms with E-state index in [1.807, 2.05) is 0 Å². The van der Waals surface area contributed by atoms with Gasteiger partial charge in [-0.25, -0.2) is 14.8 Å². The van der Waals surface area contributed by atoms with E-state index in [0.29, 0.717) is 4.60 Å². The standard InChI is InChI=1S/C9H11BrN4O3/c1-2-17-9(16)7(11)8(15)14-6-4-12-5(10)3-13-6/h3-4,7H,2,11H2,1H3,(H,13,14,15). The molecule has 0 saturated carbocycles. The predicted octanol–water partition coefficient (Wildman–Crippen LogP) is 0.0680. The van der Waals surface area contributed by atoms with Crippen LogP contribution >= 0.6 is 15.9 Å². The maximum absolute atomic E-state index is 11.5. The van der Waals surface area contributed by atoms with Crippen molar-refractivity contribution >= 4 is 33.6 Å². The number of nitrogens with zero attached hydrogens (tertiary/aromatic N) is 2. The van der Waals surface area contributed by atoms with Gasteiger partial charge in [-0.1, -0.05) is 0 Å². The predicted molar refractivity (Wildman–Crippen MR) is 63.0 cm³/mol. The number of esters is 1. The molecule has 1 heterocycles. The fraction of sp³-hybridized carbons (Fsp3) is 0.333. The number of nitrogens with two attached hydrogens (primary N) is 1. The lowest BCUT2D eigenvalue weighted by Crippen LogP contribution is -2.43. The zero-order chi connectivity index (χ0) is 12.8. The molecule has 0 bridgehead atoms. The number of carbonyl (C=O) groups is 2. The van der Waals surface area contributed by atoms with E-state index < -0.39 is 17.9 Å². The van der Waals surface area contributed by atoms with Crippen molar-refractivity contribution in [3.05, 3.63) is 17.0 Å². The van der Waals surface area contributed by atoms with Gasteiger partial charge in [0.2, 0.25) is 0 Å². The molecule has 0 aliphatic heterocycles. The molecule has 1 rings (SSSR count). The summed E-state index contributed by atoms with van der Waals surface area (Å²) in [6.45, 7) is 1.79. The molecule has 7 nitrogen and oxygen atoms in total. The van der Waals surface area contributed by atoms with Crippen LogP contribution in [0.15, 0.2) is 17.0 Å². The van der Waals surface area contributed by atoms with Gasteiger partial charge in [0.1, 0.15) is 4.60 Å². The molecule has 0 radical (unpaired) electrons. The Morgan fingerprint density at radius 2 is 2.24 bits per heavy atom. The highest BCUT2D eigenvalue weighted by atomic mass is 79.9. The first-order chi connectivity index (χ1) is 8.04. The first-order valence-electron chi connectivity index (χ1n) is 4.75. The zero-order valence-electron chi connectivity index (χ0n) is 9.01. The van der Waals surface area contributed by atoms with Gasteiger partial charge in [0, 0.05) is 0 Å². The van der Waals surface area contributed by atoms with E-state index in [2.05, 4.69) is 36.0 Å². The fourth-order valence-corrected chi connectivity index (χ4v) is 1.12. The highest BCUT2D eigenvalue weighted by molar-refractivity contribution is 9.10. The Balaban J connectivity index is 2.59. The van der Waals surface area contributed by atoms with E-state index in [9.17, 15) is 9.59 Å². The van der Waals surface area contributed by atoms with Crippen LogP contribution in [-0.4, -0.2) is 34.5 Å². The maximum Gasteiger partial charge on any atom is 0.332 e. The quantitative estimate of drug-likeness (QED) is 0.602. The second-order valence-electron chi connectivity index (χ2n) is 2.94. The van der Waals surface area contributed by atoms with Gasteiger partial charge in [-0.05, 0) is 22.9 Å². The van der Waals surface area contributed by atoms with Crippen molar-refractivity contribution in [1.82, 2.24) is 9.97 Å². The molecule has 1 unspecified atom stereocenters. The van der Waals surface area contributed by atoms with E-state index in [-0.39, 0.29) is 12.4 Å². The van der Waals surface area contributed by atoms with Gasteiger partial charge >= 0.3 is 5.97 Å². The number of rotatable bonds is 4. The third-order valence-electron chi connectivity index (χ3n) is 1.69. The van der Waals surface area contributed by atoms with Crippen LogP contribution in [-0.2, 0) is 14.3 Å². The average molecular weight is 303 g/mol. The minimum absolute atomic E-state index is 0.165. The number of anilines is 1. The lowest BCUT2D eigenvalue weighted by Gasteiger charge is -2.10. The van der Waals surface area contributed by atoms with E-state index in [4.69, 9.17) is 5.73 Å². The summed E-state index contributed by atoms with van der Waals surface area (Å²) in [7, 11) is 0. The number of amides is 1. The third kappa shape index (κ3) is 4.08. The van der Waals surface area contributed by atoms with Crippen molar-refractivity contribution in [2.45, 2.75) is 13.0 Å².